The van der Waals surface area contributed by atoms with E-state index >= 15 is 0 Å². The molecule has 1 amide bonds. The Morgan fingerprint density at radius 3 is 1.25 bits per heavy atom. The van der Waals surface area contributed by atoms with E-state index in [2.05, 4.69) is 55.6 Å². The molecule has 3 fully saturated rings. The smallest absolute Gasteiger partial charge is 0.220 e. The van der Waals surface area contributed by atoms with Gasteiger partial charge in [0.25, 0.3) is 0 Å². The Labute approximate surface area is 478 Å². The van der Waals surface area contributed by atoms with Crippen LogP contribution in [0.25, 0.3) is 0 Å². The number of hydrogen-bond acceptors (Lipinski definition) is 18. The van der Waals surface area contributed by atoms with Crippen molar-refractivity contribution in [2.45, 2.75) is 304 Å². The molecule has 80 heavy (non-hydrogen) atoms. The molecule has 0 aromatic heterocycles. The molecule has 0 spiro atoms. The molecule has 466 valence electrons. The summed E-state index contributed by atoms with van der Waals surface area (Å²) in [7, 11) is 0. The quantitative estimate of drug-likeness (QED) is 0.0250. The van der Waals surface area contributed by atoms with Gasteiger partial charge in [0.15, 0.2) is 18.9 Å². The second-order valence-corrected chi connectivity index (χ2v) is 22.1. The van der Waals surface area contributed by atoms with Gasteiger partial charge in [-0.1, -0.05) is 172 Å². The van der Waals surface area contributed by atoms with Crippen molar-refractivity contribution in [3.8, 4) is 0 Å². The Morgan fingerprint density at radius 2 is 0.800 bits per heavy atom. The highest BCUT2D eigenvalue weighted by Gasteiger charge is 2.53. The van der Waals surface area contributed by atoms with E-state index in [1.165, 1.54) is 109 Å². The fraction of sp³-hybridized carbons (Fsp3) is 0.852. The van der Waals surface area contributed by atoms with Crippen LogP contribution in [0, 0.1) is 0 Å². The number of rotatable bonds is 45. The standard InChI is InChI=1S/C61H109NO18/c1-3-5-7-9-11-13-15-17-19-21-23-25-27-29-31-33-35-37-39-49(67)62-44(45(66)38-36-34-32-30-28-26-24-22-20-18-16-14-12-10-8-6-4-2)43-75-59-55(73)52(70)57(47(41-64)77-59)80-61-56(74)53(71)58(48(42-65)78-61)79-60-54(72)51(69)50(68)46(40-63)76-60/h19-22,28,30,36,38,44-48,50-61,63-66,68-74H,3-18,23-27,29,31-35,37,39-43H2,1-2H3,(H,62,67)/b21-19-,22-20+,30-28+,38-36+. The first-order valence-electron chi connectivity index (χ1n) is 30.9. The highest BCUT2D eigenvalue weighted by atomic mass is 16.8. The van der Waals surface area contributed by atoms with Crippen molar-refractivity contribution in [3.05, 3.63) is 48.6 Å². The first kappa shape index (κ1) is 72.0. The van der Waals surface area contributed by atoms with Crippen LogP contribution < -0.4 is 5.32 Å². The number of carbonyl (C=O) groups excluding carboxylic acids is 1. The van der Waals surface area contributed by atoms with Crippen LogP contribution in [0.4, 0.5) is 0 Å². The third-order valence-electron chi connectivity index (χ3n) is 15.3. The van der Waals surface area contributed by atoms with Gasteiger partial charge in [0.2, 0.25) is 5.91 Å². The van der Waals surface area contributed by atoms with Crippen LogP contribution in [0.5, 0.6) is 0 Å². The summed E-state index contributed by atoms with van der Waals surface area (Å²) in [5.74, 6) is -0.296. The van der Waals surface area contributed by atoms with E-state index in [0.717, 1.165) is 57.8 Å². The van der Waals surface area contributed by atoms with Gasteiger partial charge < -0.3 is 89.9 Å². The maximum atomic E-state index is 13.3. The van der Waals surface area contributed by atoms with Crippen LogP contribution in [0.3, 0.4) is 0 Å². The molecular formula is C61H109NO18. The Balaban J connectivity index is 1.52. The zero-order valence-electron chi connectivity index (χ0n) is 48.5. The topological polar surface area (TPSA) is 307 Å². The van der Waals surface area contributed by atoms with Crippen molar-refractivity contribution in [3.63, 3.8) is 0 Å². The molecule has 3 aliphatic heterocycles. The first-order chi connectivity index (χ1) is 38.8. The lowest BCUT2D eigenvalue weighted by Crippen LogP contribution is -2.66. The van der Waals surface area contributed by atoms with Crippen molar-refractivity contribution < 1.29 is 89.4 Å². The van der Waals surface area contributed by atoms with Crippen molar-refractivity contribution in [1.29, 1.82) is 0 Å². The van der Waals surface area contributed by atoms with Gasteiger partial charge in [-0.3, -0.25) is 4.79 Å². The van der Waals surface area contributed by atoms with E-state index in [-0.39, 0.29) is 18.9 Å². The summed E-state index contributed by atoms with van der Waals surface area (Å²) in [6, 6.07) is -0.998. The van der Waals surface area contributed by atoms with Gasteiger partial charge in [-0.2, -0.15) is 0 Å². The van der Waals surface area contributed by atoms with Crippen LogP contribution >= 0.6 is 0 Å². The molecular weight excluding hydrogens is 1030 g/mol. The van der Waals surface area contributed by atoms with Crippen molar-refractivity contribution in [2.75, 3.05) is 26.4 Å². The number of aliphatic hydroxyl groups excluding tert-OH is 11. The summed E-state index contributed by atoms with van der Waals surface area (Å²) in [6.45, 7) is 1.68. The van der Waals surface area contributed by atoms with Gasteiger partial charge >= 0.3 is 0 Å². The van der Waals surface area contributed by atoms with Gasteiger partial charge in [-0.25, -0.2) is 0 Å². The number of ether oxygens (including phenoxy) is 6. The molecule has 19 nitrogen and oxygen atoms in total. The van der Waals surface area contributed by atoms with Gasteiger partial charge in [0.05, 0.1) is 38.6 Å². The van der Waals surface area contributed by atoms with Gasteiger partial charge in [-0.05, 0) is 70.6 Å². The molecule has 0 aliphatic carbocycles. The lowest BCUT2D eigenvalue weighted by molar-refractivity contribution is -0.379. The Bertz CT molecular complexity index is 1650. The van der Waals surface area contributed by atoms with Crippen LogP contribution in [-0.2, 0) is 33.2 Å². The SMILES string of the molecule is CCCCCCCCC/C=C\CCCCCCCCCC(=O)NC(COC1OC(CO)C(OC2OC(CO)C(OC3OC(CO)C(O)C(O)C3O)C(O)C2O)C(O)C1O)C(O)/C=C/CC/C=C/CC/C=C/CCCCCCCCC. The zero-order valence-corrected chi connectivity index (χ0v) is 48.5. The number of hydrogen-bond donors (Lipinski definition) is 12. The van der Waals surface area contributed by atoms with Crippen molar-refractivity contribution >= 4 is 5.91 Å². The third-order valence-corrected chi connectivity index (χ3v) is 15.3. The predicted octanol–water partition coefficient (Wildman–Crippen LogP) is 5.87. The molecule has 17 atom stereocenters. The third kappa shape index (κ3) is 27.6. The molecule has 3 rings (SSSR count). The van der Waals surface area contributed by atoms with Crippen LogP contribution in [0.1, 0.15) is 200 Å². The summed E-state index contributed by atoms with van der Waals surface area (Å²) in [5.41, 5.74) is 0. The van der Waals surface area contributed by atoms with Gasteiger partial charge in [0.1, 0.15) is 73.2 Å². The lowest BCUT2D eigenvalue weighted by atomic mass is 9.96. The molecule has 3 aliphatic rings. The Morgan fingerprint density at radius 1 is 0.438 bits per heavy atom. The summed E-state index contributed by atoms with van der Waals surface area (Å²) in [6.07, 6.45) is 22.3. The van der Waals surface area contributed by atoms with Crippen LogP contribution in [0.15, 0.2) is 48.6 Å². The van der Waals surface area contributed by atoms with E-state index in [4.69, 9.17) is 28.4 Å². The molecule has 0 bridgehead atoms. The highest BCUT2D eigenvalue weighted by molar-refractivity contribution is 5.76. The molecule has 3 saturated heterocycles. The fourth-order valence-electron chi connectivity index (χ4n) is 10.2. The van der Waals surface area contributed by atoms with E-state index in [0.29, 0.717) is 12.8 Å². The van der Waals surface area contributed by atoms with Crippen molar-refractivity contribution in [1.82, 2.24) is 5.32 Å². The van der Waals surface area contributed by atoms with E-state index in [9.17, 15) is 61.0 Å². The summed E-state index contributed by atoms with van der Waals surface area (Å²) in [4.78, 5) is 13.3. The number of unbranched alkanes of at least 4 members (excludes halogenated alkanes) is 23. The molecule has 0 saturated carbocycles. The van der Waals surface area contributed by atoms with Crippen molar-refractivity contribution in [2.24, 2.45) is 0 Å². The first-order valence-corrected chi connectivity index (χ1v) is 30.9. The maximum Gasteiger partial charge on any atom is 0.220 e. The minimum absolute atomic E-state index is 0.226. The minimum atomic E-state index is -1.98. The van der Waals surface area contributed by atoms with E-state index in [1.54, 1.807) is 6.08 Å². The summed E-state index contributed by atoms with van der Waals surface area (Å²) in [5, 5.41) is 120. The predicted molar refractivity (Wildman–Crippen MR) is 305 cm³/mol. The largest absolute Gasteiger partial charge is 0.394 e. The molecule has 12 N–H and O–H groups in total. The van der Waals surface area contributed by atoms with Gasteiger partial charge in [-0.15, -0.1) is 0 Å². The van der Waals surface area contributed by atoms with E-state index < -0.39 is 124 Å². The monoisotopic (exact) mass is 1140 g/mol. The highest BCUT2D eigenvalue weighted by Crippen LogP contribution is 2.33. The Kier molecular flexibility index (Phi) is 39.8. The zero-order chi connectivity index (χ0) is 58.3. The fourth-order valence-corrected chi connectivity index (χ4v) is 10.2. The number of amides is 1. The van der Waals surface area contributed by atoms with Gasteiger partial charge in [0, 0.05) is 6.42 Å². The maximum absolute atomic E-state index is 13.3. The average Bonchev–Trinajstić information content (AvgIpc) is 3.50. The molecule has 0 radical (unpaired) electrons. The Hall–Kier alpha value is -2.25. The summed E-state index contributed by atoms with van der Waals surface area (Å²) >= 11 is 0. The lowest BCUT2D eigenvalue weighted by Gasteiger charge is -2.48. The number of nitrogens with one attached hydrogen (secondary N) is 1. The second kappa shape index (κ2) is 44.3. The molecule has 3 heterocycles. The molecule has 0 aromatic carbocycles. The average molecular weight is 1140 g/mol. The molecule has 17 unspecified atom stereocenters. The normalized spacial score (nSPS) is 30.3. The molecule has 19 heteroatoms. The van der Waals surface area contributed by atoms with E-state index in [1.807, 2.05) is 6.08 Å². The molecule has 0 aromatic rings. The summed E-state index contributed by atoms with van der Waals surface area (Å²) < 4.78 is 34.2. The van der Waals surface area contributed by atoms with Crippen LogP contribution in [0.2, 0.25) is 0 Å². The number of carbonyl (C=O) groups is 1. The van der Waals surface area contributed by atoms with Crippen LogP contribution in [-0.4, -0.2) is 193 Å². The number of aliphatic hydroxyl groups is 11. The second-order valence-electron chi connectivity index (χ2n) is 22.1. The minimum Gasteiger partial charge on any atom is -0.394 e. The number of allylic oxidation sites excluding steroid dienone is 7.